The fourth-order valence-electron chi connectivity index (χ4n) is 3.65. The third-order valence-electron chi connectivity index (χ3n) is 5.68. The summed E-state index contributed by atoms with van der Waals surface area (Å²) < 4.78 is 28.0. The fraction of sp³-hybridized carbons (Fsp3) is 0.583. The van der Waals surface area contributed by atoms with Crippen LogP contribution in [0.3, 0.4) is 0 Å². The first-order valence-corrected chi connectivity index (χ1v) is 12.1. The molecule has 5 nitrogen and oxygen atoms in total. The van der Waals surface area contributed by atoms with Gasteiger partial charge in [-0.3, -0.25) is 9.59 Å². The van der Waals surface area contributed by atoms with E-state index in [1.165, 1.54) is 17.1 Å². The zero-order valence-corrected chi connectivity index (χ0v) is 19.3. The molecule has 0 aliphatic carbocycles. The number of carbonyl (C=O) groups excluding carboxylic acids is 1. The Morgan fingerprint density at radius 3 is 2.62 bits per heavy atom. The quantitative estimate of drug-likeness (QED) is 0.228. The molecule has 0 spiro atoms. The van der Waals surface area contributed by atoms with Crippen LogP contribution >= 0.6 is 11.8 Å². The van der Waals surface area contributed by atoms with Crippen LogP contribution in [0, 0.1) is 5.92 Å². The van der Waals surface area contributed by atoms with Gasteiger partial charge >= 0.3 is 11.9 Å². The van der Waals surface area contributed by atoms with Gasteiger partial charge in [-0.1, -0.05) is 50.1 Å². The van der Waals surface area contributed by atoms with E-state index >= 15 is 0 Å². The minimum atomic E-state index is -3.39. The highest BCUT2D eigenvalue weighted by Gasteiger charge is 2.52. The lowest BCUT2D eigenvalue weighted by molar-refractivity contribution is -0.148. The number of thioether (sulfide) groups is 1. The number of carbonyl (C=O) groups is 2. The zero-order chi connectivity index (χ0) is 23.6. The largest absolute Gasteiger partial charge is 0.481 e. The minimum Gasteiger partial charge on any atom is -0.481 e. The van der Waals surface area contributed by atoms with E-state index in [1.807, 2.05) is 37.3 Å². The number of amides is 1. The van der Waals surface area contributed by atoms with E-state index < -0.39 is 36.4 Å². The highest BCUT2D eigenvalue weighted by molar-refractivity contribution is 7.99. The minimum absolute atomic E-state index is 0.0391. The molecular weight excluding hydrogens is 436 g/mol. The summed E-state index contributed by atoms with van der Waals surface area (Å²) in [6.45, 7) is 2.12. The van der Waals surface area contributed by atoms with Crippen molar-refractivity contribution in [2.45, 2.75) is 74.8 Å². The molecule has 2 N–H and O–H groups in total. The number of alkyl halides is 2. The van der Waals surface area contributed by atoms with E-state index in [4.69, 9.17) is 5.11 Å². The Kier molecular flexibility index (Phi) is 10.6. The molecule has 32 heavy (non-hydrogen) atoms. The predicted octanol–water partition coefficient (Wildman–Crippen LogP) is 4.99. The SMILES string of the molecule is C[C@@H](CCSc1ccccc1)[C@H](O)/C=C/[C@H]1CC(F)(F)C(=O)N1CCCCCCC(=O)O. The number of aliphatic hydroxyl groups is 1. The number of hydrogen-bond donors (Lipinski definition) is 2. The maximum atomic E-state index is 14.0. The van der Waals surface area contributed by atoms with Gasteiger partial charge in [-0.05, 0) is 43.1 Å². The smallest absolute Gasteiger partial charge is 0.327 e. The average molecular weight is 470 g/mol. The van der Waals surface area contributed by atoms with Crippen LogP contribution in [0.4, 0.5) is 8.78 Å². The Morgan fingerprint density at radius 1 is 1.25 bits per heavy atom. The van der Waals surface area contributed by atoms with Crippen LogP contribution in [-0.4, -0.2) is 57.4 Å². The number of halogens is 2. The van der Waals surface area contributed by atoms with Gasteiger partial charge in [0.05, 0.1) is 12.1 Å². The first-order chi connectivity index (χ1) is 15.2. The number of likely N-dealkylation sites (tertiary alicyclic amines) is 1. The van der Waals surface area contributed by atoms with Gasteiger partial charge < -0.3 is 15.1 Å². The van der Waals surface area contributed by atoms with Crippen LogP contribution < -0.4 is 0 Å². The second kappa shape index (κ2) is 12.9. The van der Waals surface area contributed by atoms with Crippen molar-refractivity contribution >= 4 is 23.6 Å². The van der Waals surface area contributed by atoms with Crippen molar-refractivity contribution in [3.63, 3.8) is 0 Å². The molecule has 8 heteroatoms. The molecule has 1 heterocycles. The Bertz CT molecular complexity index is 760. The Hall–Kier alpha value is -1.93. The van der Waals surface area contributed by atoms with Gasteiger partial charge in [-0.15, -0.1) is 11.8 Å². The van der Waals surface area contributed by atoms with Crippen molar-refractivity contribution in [3.8, 4) is 0 Å². The molecule has 1 aliphatic heterocycles. The highest BCUT2D eigenvalue weighted by atomic mass is 32.2. The van der Waals surface area contributed by atoms with Gasteiger partial charge in [0.15, 0.2) is 0 Å². The number of nitrogens with zero attached hydrogens (tertiary/aromatic N) is 1. The molecule has 0 bridgehead atoms. The van der Waals surface area contributed by atoms with Gasteiger partial charge in [0, 0.05) is 24.3 Å². The average Bonchev–Trinajstić information content (AvgIpc) is 2.97. The number of unbranched alkanes of at least 4 members (excludes halogenated alkanes) is 3. The molecule has 0 saturated carbocycles. The van der Waals surface area contributed by atoms with Gasteiger partial charge in [-0.2, -0.15) is 8.78 Å². The lowest BCUT2D eigenvalue weighted by atomic mass is 10.0. The molecule has 3 atom stereocenters. The summed E-state index contributed by atoms with van der Waals surface area (Å²) in [5.74, 6) is -4.61. The number of aliphatic carboxylic acids is 1. The van der Waals surface area contributed by atoms with Gasteiger partial charge in [0.1, 0.15) is 0 Å². The molecule has 0 radical (unpaired) electrons. The van der Waals surface area contributed by atoms with Crippen LogP contribution in [0.25, 0.3) is 0 Å². The molecule has 1 aromatic carbocycles. The van der Waals surface area contributed by atoms with Crippen LogP contribution in [0.5, 0.6) is 0 Å². The van der Waals surface area contributed by atoms with Crippen molar-refractivity contribution in [2.75, 3.05) is 12.3 Å². The van der Waals surface area contributed by atoms with Crippen molar-refractivity contribution in [3.05, 3.63) is 42.5 Å². The molecule has 0 aromatic heterocycles. The Labute approximate surface area is 192 Å². The number of rotatable bonds is 14. The molecule has 1 fully saturated rings. The molecular formula is C24H33F2NO4S. The normalized spacial score (nSPS) is 20.1. The van der Waals surface area contributed by atoms with Crippen molar-refractivity contribution < 1.29 is 28.6 Å². The van der Waals surface area contributed by atoms with E-state index in [2.05, 4.69) is 0 Å². The summed E-state index contributed by atoms with van der Waals surface area (Å²) >= 11 is 1.71. The maximum absolute atomic E-state index is 14.0. The summed E-state index contributed by atoms with van der Waals surface area (Å²) in [7, 11) is 0. The molecule has 1 amide bonds. The molecule has 1 aromatic rings. The third kappa shape index (κ3) is 8.54. The second-order valence-corrected chi connectivity index (χ2v) is 9.50. The van der Waals surface area contributed by atoms with Gasteiger partial charge in [0.25, 0.3) is 5.91 Å². The topological polar surface area (TPSA) is 77.8 Å². The molecule has 1 aliphatic rings. The van der Waals surface area contributed by atoms with Crippen LogP contribution in [0.2, 0.25) is 0 Å². The molecule has 1 saturated heterocycles. The van der Waals surface area contributed by atoms with Crippen molar-refractivity contribution in [1.29, 1.82) is 0 Å². The van der Waals surface area contributed by atoms with Gasteiger partial charge in [0.2, 0.25) is 0 Å². The number of hydrogen-bond acceptors (Lipinski definition) is 4. The summed E-state index contributed by atoms with van der Waals surface area (Å²) in [5.41, 5.74) is 0. The summed E-state index contributed by atoms with van der Waals surface area (Å²) in [6, 6.07) is 9.24. The van der Waals surface area contributed by atoms with Crippen LogP contribution in [-0.2, 0) is 9.59 Å². The van der Waals surface area contributed by atoms with E-state index in [0.29, 0.717) is 25.7 Å². The maximum Gasteiger partial charge on any atom is 0.327 e. The van der Waals surface area contributed by atoms with E-state index in [1.54, 1.807) is 11.8 Å². The fourth-order valence-corrected chi connectivity index (χ4v) is 4.73. The number of benzene rings is 1. The zero-order valence-electron chi connectivity index (χ0n) is 18.5. The number of carboxylic acids is 1. The molecule has 2 rings (SSSR count). The van der Waals surface area contributed by atoms with E-state index in [0.717, 1.165) is 17.1 Å². The van der Waals surface area contributed by atoms with E-state index in [-0.39, 0.29) is 18.9 Å². The summed E-state index contributed by atoms with van der Waals surface area (Å²) in [5, 5.41) is 19.1. The monoisotopic (exact) mass is 469 g/mol. The Morgan fingerprint density at radius 2 is 1.94 bits per heavy atom. The number of aliphatic hydroxyl groups excluding tert-OH is 1. The van der Waals surface area contributed by atoms with Crippen molar-refractivity contribution in [2.24, 2.45) is 5.92 Å². The first kappa shape index (κ1) is 26.3. The first-order valence-electron chi connectivity index (χ1n) is 11.2. The predicted molar refractivity (Wildman–Crippen MR) is 122 cm³/mol. The molecule has 178 valence electrons. The second-order valence-electron chi connectivity index (χ2n) is 8.34. The van der Waals surface area contributed by atoms with Gasteiger partial charge in [-0.25, -0.2) is 0 Å². The number of carboxylic acid groups (broad SMARTS) is 1. The summed E-state index contributed by atoms with van der Waals surface area (Å²) in [6.07, 6.45) is 5.03. The standard InChI is InChI=1S/C24H33F2NO4S/c1-18(14-16-32-20-9-5-4-6-10-20)21(28)13-12-19-17-24(25,26)23(31)27(19)15-8-3-2-7-11-22(29)30/h4-6,9-10,12-13,18-19,21,28H,2-3,7-8,11,14-17H2,1H3,(H,29,30)/b13-12+/t18-,19-,21+/m0/s1. The van der Waals surface area contributed by atoms with Crippen molar-refractivity contribution in [1.82, 2.24) is 4.90 Å². The molecule has 0 unspecified atom stereocenters. The van der Waals surface area contributed by atoms with E-state index in [9.17, 15) is 23.5 Å². The Balaban J connectivity index is 1.81. The van der Waals surface area contributed by atoms with Crippen LogP contribution in [0.15, 0.2) is 47.4 Å². The third-order valence-corrected chi connectivity index (χ3v) is 6.72. The lowest BCUT2D eigenvalue weighted by Gasteiger charge is -2.22. The summed E-state index contributed by atoms with van der Waals surface area (Å²) in [4.78, 5) is 25.0. The highest BCUT2D eigenvalue weighted by Crippen LogP contribution is 2.34. The lowest BCUT2D eigenvalue weighted by Crippen LogP contribution is -2.36. The van der Waals surface area contributed by atoms with Crippen LogP contribution in [0.1, 0.15) is 51.9 Å².